The van der Waals surface area contributed by atoms with Gasteiger partial charge in [-0.1, -0.05) is 127 Å². The van der Waals surface area contributed by atoms with Crippen molar-refractivity contribution < 1.29 is 19.1 Å². The van der Waals surface area contributed by atoms with E-state index >= 15 is 0 Å². The first-order valence-corrected chi connectivity index (χ1v) is 22.0. The number of ether oxygens (including phenoxy) is 1. The van der Waals surface area contributed by atoms with Crippen LogP contribution >= 0.6 is 11.8 Å². The van der Waals surface area contributed by atoms with Crippen molar-refractivity contribution in [2.75, 3.05) is 42.3 Å². The predicted molar refractivity (Wildman–Crippen MR) is 256 cm³/mol. The molecule has 7 heteroatoms. The van der Waals surface area contributed by atoms with Gasteiger partial charge in [-0.05, 0) is 109 Å². The van der Waals surface area contributed by atoms with Gasteiger partial charge in [0.2, 0.25) is 11.0 Å². The molecular formula is C55H48N2O4S. The maximum atomic E-state index is 13.8. The summed E-state index contributed by atoms with van der Waals surface area (Å²) < 4.78 is 5.29. The maximum absolute atomic E-state index is 13.8. The molecule has 0 spiro atoms. The molecule has 0 saturated carbocycles. The lowest BCUT2D eigenvalue weighted by Crippen LogP contribution is -2.30. The number of unbranched alkanes of at least 4 members (excludes halogenated alkanes) is 2. The van der Waals surface area contributed by atoms with E-state index in [1.54, 1.807) is 24.3 Å². The molecule has 0 saturated heterocycles. The molecule has 0 atom stereocenters. The molecule has 308 valence electrons. The third-order valence-electron chi connectivity index (χ3n) is 10.6. The van der Waals surface area contributed by atoms with Crippen LogP contribution in [0.15, 0.2) is 158 Å². The second-order valence-corrected chi connectivity index (χ2v) is 15.9. The fourth-order valence-corrected chi connectivity index (χ4v) is 8.00. The average Bonchev–Trinajstić information content (AvgIpc) is 3.32. The third-order valence-corrected chi connectivity index (χ3v) is 11.5. The standard InChI is InChI=1S/C55H48N2O4S/c1-3-57(53(58)26-14-7-17-37-56(2)45-31-29-44(30-32-45)55(60)62-39-38-61-54(59)43-22-12-6-13-23-43)46-33-36-51-49(34-27-41-18-8-4-9-19-41)47-24-15-16-25-48(47)50(52(51)40-46)35-28-42-20-10-5-11-21-42/h4-6,8-13,15-16,18-25,29-33,36,40H,3,7,14,17,26,37-39H2,1-2H3. The molecule has 1 amide bonds. The summed E-state index contributed by atoms with van der Waals surface area (Å²) in [6.45, 7) is 3.55. The topological polar surface area (TPSA) is 66.9 Å². The predicted octanol–water partition coefficient (Wildman–Crippen LogP) is 11.6. The highest BCUT2D eigenvalue weighted by atomic mass is 32.2. The Morgan fingerprint density at radius 1 is 0.565 bits per heavy atom. The first kappa shape index (κ1) is 43.0. The Hall–Kier alpha value is -7.06. The Balaban J connectivity index is 0.976. The van der Waals surface area contributed by atoms with Gasteiger partial charge in [0.1, 0.15) is 6.61 Å². The summed E-state index contributed by atoms with van der Waals surface area (Å²) in [5.41, 5.74) is 6.69. The molecule has 0 aliphatic heterocycles. The molecular weight excluding hydrogens is 785 g/mol. The lowest BCUT2D eigenvalue weighted by molar-refractivity contribution is -0.118. The number of hydrogen-bond acceptors (Lipinski definition) is 6. The van der Waals surface area contributed by atoms with Gasteiger partial charge in [0, 0.05) is 76.9 Å². The monoisotopic (exact) mass is 832 g/mol. The van der Waals surface area contributed by atoms with Gasteiger partial charge in [0.25, 0.3) is 0 Å². The van der Waals surface area contributed by atoms with Gasteiger partial charge < -0.3 is 14.5 Å². The summed E-state index contributed by atoms with van der Waals surface area (Å²) in [5.74, 6) is 13.9. The van der Waals surface area contributed by atoms with Gasteiger partial charge >= 0.3 is 5.97 Å². The lowest BCUT2D eigenvalue weighted by atomic mass is 9.91. The molecule has 0 fully saturated rings. The smallest absolute Gasteiger partial charge is 0.338 e. The van der Waals surface area contributed by atoms with Gasteiger partial charge in [0.05, 0.1) is 5.56 Å². The van der Waals surface area contributed by atoms with Crippen molar-refractivity contribution in [2.24, 2.45) is 0 Å². The molecule has 0 aliphatic carbocycles. The van der Waals surface area contributed by atoms with Gasteiger partial charge in [0.15, 0.2) is 0 Å². The number of nitrogens with zero attached hydrogens (tertiary/aromatic N) is 2. The van der Waals surface area contributed by atoms with Gasteiger partial charge in [-0.2, -0.15) is 0 Å². The zero-order valence-corrected chi connectivity index (χ0v) is 35.9. The molecule has 0 aliphatic rings. The first-order valence-electron chi connectivity index (χ1n) is 21.0. The van der Waals surface area contributed by atoms with Crippen LogP contribution in [0.4, 0.5) is 11.4 Å². The van der Waals surface area contributed by atoms with Crippen molar-refractivity contribution in [3.8, 4) is 23.7 Å². The first-order chi connectivity index (χ1) is 30.4. The molecule has 0 unspecified atom stereocenters. The van der Waals surface area contributed by atoms with E-state index in [4.69, 9.17) is 4.74 Å². The molecule has 0 bridgehead atoms. The molecule has 0 heterocycles. The quantitative estimate of drug-likeness (QED) is 0.0471. The molecule has 7 rings (SSSR count). The number of thioether (sulfide) groups is 1. The van der Waals surface area contributed by atoms with Crippen LogP contribution in [0.2, 0.25) is 0 Å². The second-order valence-electron chi connectivity index (χ2n) is 14.8. The van der Waals surface area contributed by atoms with Crippen LogP contribution < -0.4 is 9.80 Å². The van der Waals surface area contributed by atoms with E-state index in [2.05, 4.69) is 52.8 Å². The van der Waals surface area contributed by atoms with E-state index in [1.165, 1.54) is 0 Å². The Labute approximate surface area is 368 Å². The largest absolute Gasteiger partial charge is 0.461 e. The molecule has 0 aromatic heterocycles. The van der Waals surface area contributed by atoms with E-state index in [1.807, 2.05) is 128 Å². The minimum atomic E-state index is -0.393. The highest BCUT2D eigenvalue weighted by Crippen LogP contribution is 2.35. The fourth-order valence-electron chi connectivity index (χ4n) is 7.35. The maximum Gasteiger partial charge on any atom is 0.338 e. The molecule has 7 aromatic rings. The normalized spacial score (nSPS) is 10.6. The van der Waals surface area contributed by atoms with Crippen molar-refractivity contribution in [3.63, 3.8) is 0 Å². The van der Waals surface area contributed by atoms with Crippen LogP contribution in [0.5, 0.6) is 0 Å². The molecule has 7 aromatic carbocycles. The van der Waals surface area contributed by atoms with Crippen LogP contribution in [0.25, 0.3) is 21.5 Å². The van der Waals surface area contributed by atoms with E-state index in [0.717, 1.165) is 92.7 Å². The highest BCUT2D eigenvalue weighted by molar-refractivity contribution is 8.14. The molecule has 6 nitrogen and oxygen atoms in total. The Morgan fingerprint density at radius 3 is 1.73 bits per heavy atom. The van der Waals surface area contributed by atoms with Gasteiger partial charge in [-0.3, -0.25) is 9.59 Å². The number of carbonyl (C=O) groups excluding carboxylic acids is 3. The molecule has 62 heavy (non-hydrogen) atoms. The van der Waals surface area contributed by atoms with Crippen molar-refractivity contribution in [2.45, 2.75) is 32.6 Å². The Bertz CT molecular complexity index is 2780. The number of benzene rings is 7. The van der Waals surface area contributed by atoms with Crippen LogP contribution in [-0.4, -0.2) is 49.5 Å². The summed E-state index contributed by atoms with van der Waals surface area (Å²) in [6, 6.07) is 51.0. The second kappa shape index (κ2) is 21.5. The van der Waals surface area contributed by atoms with Crippen molar-refractivity contribution in [1.29, 1.82) is 0 Å². The summed E-state index contributed by atoms with van der Waals surface area (Å²) in [5, 5.41) is 3.97. The summed E-state index contributed by atoms with van der Waals surface area (Å²) in [4.78, 5) is 42.8. The summed E-state index contributed by atoms with van der Waals surface area (Å²) in [7, 11) is 2.04. The number of fused-ring (bicyclic) bond motifs is 2. The Kier molecular flexibility index (Phi) is 14.9. The number of esters is 1. The number of anilines is 2. The van der Waals surface area contributed by atoms with Crippen molar-refractivity contribution >= 4 is 61.7 Å². The van der Waals surface area contributed by atoms with E-state index < -0.39 is 5.97 Å². The van der Waals surface area contributed by atoms with Gasteiger partial charge in [-0.25, -0.2) is 4.79 Å². The zero-order chi connectivity index (χ0) is 43.1. The minimum Gasteiger partial charge on any atom is -0.461 e. The fraction of sp³-hybridized carbons (Fsp3) is 0.182. The minimum absolute atomic E-state index is 0.0620. The SMILES string of the molecule is CCN(C(=O)CCCCCN(C)c1ccc(C(=O)SCCOC(=O)c2ccccc2)cc1)c1ccc2c(C#Cc3ccccc3)c3ccccc3c(C#Cc3ccccc3)c2c1. The number of rotatable bonds is 14. The van der Waals surface area contributed by atoms with E-state index in [9.17, 15) is 14.4 Å². The van der Waals surface area contributed by atoms with Crippen LogP contribution in [-0.2, 0) is 9.53 Å². The number of amides is 1. The van der Waals surface area contributed by atoms with E-state index in [-0.39, 0.29) is 17.6 Å². The zero-order valence-electron chi connectivity index (χ0n) is 35.1. The highest BCUT2D eigenvalue weighted by Gasteiger charge is 2.18. The Morgan fingerprint density at radius 2 is 1.11 bits per heavy atom. The third kappa shape index (κ3) is 11.0. The molecule has 0 N–H and O–H groups in total. The van der Waals surface area contributed by atoms with Crippen LogP contribution in [0.3, 0.4) is 0 Å². The molecule has 0 radical (unpaired) electrons. The van der Waals surface area contributed by atoms with E-state index in [0.29, 0.717) is 29.8 Å². The summed E-state index contributed by atoms with van der Waals surface area (Å²) >= 11 is 1.14. The van der Waals surface area contributed by atoms with Crippen molar-refractivity contribution in [1.82, 2.24) is 0 Å². The number of carbonyl (C=O) groups is 3. The number of hydrogen-bond donors (Lipinski definition) is 0. The van der Waals surface area contributed by atoms with Crippen molar-refractivity contribution in [3.05, 3.63) is 191 Å². The lowest BCUT2D eigenvalue weighted by Gasteiger charge is -2.23. The van der Waals surface area contributed by atoms with Gasteiger partial charge in [-0.15, -0.1) is 0 Å². The summed E-state index contributed by atoms with van der Waals surface area (Å²) in [6.07, 6.45) is 3.05. The van der Waals surface area contributed by atoms with Crippen LogP contribution in [0.1, 0.15) is 75.6 Å². The average molecular weight is 833 g/mol. The van der Waals surface area contributed by atoms with Crippen LogP contribution in [0, 0.1) is 23.7 Å².